The quantitative estimate of drug-likeness (QED) is 0.842. The molecule has 0 atom stereocenters. The molecule has 0 radical (unpaired) electrons. The van der Waals surface area contributed by atoms with E-state index in [9.17, 15) is 0 Å². The molecule has 0 spiro atoms. The van der Waals surface area contributed by atoms with E-state index in [2.05, 4.69) is 10.3 Å². The molecule has 0 fully saturated rings. The van der Waals surface area contributed by atoms with Gasteiger partial charge in [-0.3, -0.25) is 0 Å². The van der Waals surface area contributed by atoms with E-state index in [0.29, 0.717) is 6.54 Å². The lowest BCUT2D eigenvalue weighted by Crippen LogP contribution is -1.96. The van der Waals surface area contributed by atoms with Crippen LogP contribution in [0.15, 0.2) is 22.7 Å². The molecule has 3 nitrogen and oxygen atoms in total. The minimum atomic E-state index is 0.695. The Bertz CT molecular complexity index is 379. The van der Waals surface area contributed by atoms with Crippen LogP contribution >= 0.6 is 11.3 Å². The second-order valence-electron chi connectivity index (χ2n) is 3.14. The Morgan fingerprint density at radius 3 is 2.86 bits per heavy atom. The summed E-state index contributed by atoms with van der Waals surface area (Å²) in [6.07, 6.45) is 1.86. The molecule has 0 unspecified atom stereocenters. The van der Waals surface area contributed by atoms with Crippen LogP contribution in [0.1, 0.15) is 16.4 Å². The fourth-order valence-corrected chi connectivity index (χ4v) is 1.84. The molecule has 2 rings (SSSR count). The molecule has 14 heavy (non-hydrogen) atoms. The van der Waals surface area contributed by atoms with Gasteiger partial charge >= 0.3 is 0 Å². The Labute approximate surface area is 86.8 Å². The molecule has 1 N–H and O–H groups in total. The number of aromatic nitrogens is 1. The molecule has 2 aromatic heterocycles. The first kappa shape index (κ1) is 9.27. The fraction of sp³-hybridized carbons (Fsp3) is 0.300. The van der Waals surface area contributed by atoms with Gasteiger partial charge < -0.3 is 9.73 Å². The molecule has 2 heterocycles. The molecule has 0 aliphatic heterocycles. The van der Waals surface area contributed by atoms with E-state index in [1.165, 1.54) is 4.88 Å². The number of anilines is 1. The van der Waals surface area contributed by atoms with E-state index in [1.54, 1.807) is 11.3 Å². The van der Waals surface area contributed by atoms with Crippen LogP contribution < -0.4 is 5.32 Å². The summed E-state index contributed by atoms with van der Waals surface area (Å²) >= 11 is 1.65. The van der Waals surface area contributed by atoms with E-state index in [-0.39, 0.29) is 0 Å². The van der Waals surface area contributed by atoms with E-state index in [0.717, 1.165) is 16.7 Å². The van der Waals surface area contributed by atoms with Crippen molar-refractivity contribution in [3.05, 3.63) is 34.7 Å². The van der Waals surface area contributed by atoms with Gasteiger partial charge in [-0.25, -0.2) is 4.98 Å². The van der Waals surface area contributed by atoms with Crippen molar-refractivity contribution in [2.24, 2.45) is 0 Å². The van der Waals surface area contributed by atoms with Crippen molar-refractivity contribution in [1.29, 1.82) is 0 Å². The van der Waals surface area contributed by atoms with Crippen molar-refractivity contribution in [2.75, 3.05) is 5.32 Å². The molecule has 0 bridgehead atoms. The predicted octanol–water partition coefficient (Wildman–Crippen LogP) is 2.97. The second kappa shape index (κ2) is 3.84. The van der Waals surface area contributed by atoms with Gasteiger partial charge in [0.2, 0.25) is 0 Å². The van der Waals surface area contributed by atoms with Crippen LogP contribution in [0.2, 0.25) is 0 Å². The van der Waals surface area contributed by atoms with Crippen LogP contribution in [0.4, 0.5) is 5.13 Å². The first-order valence-electron chi connectivity index (χ1n) is 4.45. The minimum Gasteiger partial charge on any atom is -0.465 e. The molecule has 0 saturated carbocycles. The standard InChI is InChI=1S/C10H12N2OS/c1-7-3-4-9(13-7)6-12-10-11-5-8(2)14-10/h3-5H,6H2,1-2H3,(H,11,12). The third kappa shape index (κ3) is 2.14. The number of nitrogens with zero attached hydrogens (tertiary/aromatic N) is 1. The summed E-state index contributed by atoms with van der Waals surface area (Å²) in [5.41, 5.74) is 0. The van der Waals surface area contributed by atoms with Crippen LogP contribution in [0.5, 0.6) is 0 Å². The van der Waals surface area contributed by atoms with Crippen molar-refractivity contribution in [1.82, 2.24) is 4.98 Å². The van der Waals surface area contributed by atoms with Gasteiger partial charge in [-0.2, -0.15) is 0 Å². The predicted molar refractivity (Wildman–Crippen MR) is 57.6 cm³/mol. The summed E-state index contributed by atoms with van der Waals surface area (Å²) < 4.78 is 5.43. The number of nitrogens with one attached hydrogen (secondary N) is 1. The van der Waals surface area contributed by atoms with Gasteiger partial charge in [0.25, 0.3) is 0 Å². The maximum Gasteiger partial charge on any atom is 0.183 e. The van der Waals surface area contributed by atoms with Crippen molar-refractivity contribution in [3.8, 4) is 0 Å². The molecule has 0 aromatic carbocycles. The smallest absolute Gasteiger partial charge is 0.183 e. The monoisotopic (exact) mass is 208 g/mol. The minimum absolute atomic E-state index is 0.695. The molecule has 0 aliphatic rings. The van der Waals surface area contributed by atoms with E-state index >= 15 is 0 Å². The van der Waals surface area contributed by atoms with Crippen LogP contribution in [-0.2, 0) is 6.54 Å². The summed E-state index contributed by atoms with van der Waals surface area (Å²) in [5.74, 6) is 1.88. The Morgan fingerprint density at radius 1 is 1.43 bits per heavy atom. The Kier molecular flexibility index (Phi) is 2.54. The molecule has 0 aliphatic carbocycles. The van der Waals surface area contributed by atoms with Crippen LogP contribution in [-0.4, -0.2) is 4.98 Å². The molecule has 4 heteroatoms. The number of hydrogen-bond donors (Lipinski definition) is 1. The highest BCUT2D eigenvalue weighted by molar-refractivity contribution is 7.15. The first-order valence-corrected chi connectivity index (χ1v) is 5.27. The molecular formula is C10H12N2OS. The summed E-state index contributed by atoms with van der Waals surface area (Å²) in [7, 11) is 0. The maximum absolute atomic E-state index is 5.43. The normalized spacial score (nSPS) is 10.4. The fourth-order valence-electron chi connectivity index (χ4n) is 1.18. The molecule has 0 saturated heterocycles. The van der Waals surface area contributed by atoms with E-state index < -0.39 is 0 Å². The van der Waals surface area contributed by atoms with E-state index in [1.807, 2.05) is 32.2 Å². The SMILES string of the molecule is Cc1ccc(CNc2ncc(C)s2)o1. The summed E-state index contributed by atoms with van der Waals surface area (Å²) in [6, 6.07) is 3.94. The largest absolute Gasteiger partial charge is 0.465 e. The Morgan fingerprint density at radius 2 is 2.29 bits per heavy atom. The topological polar surface area (TPSA) is 38.1 Å². The zero-order chi connectivity index (χ0) is 9.97. The summed E-state index contributed by atoms with van der Waals surface area (Å²) in [4.78, 5) is 5.41. The zero-order valence-corrected chi connectivity index (χ0v) is 9.02. The molecular weight excluding hydrogens is 196 g/mol. The zero-order valence-electron chi connectivity index (χ0n) is 8.20. The Hall–Kier alpha value is -1.29. The van der Waals surface area contributed by atoms with Crippen LogP contribution in [0, 0.1) is 13.8 Å². The lowest BCUT2D eigenvalue weighted by atomic mass is 10.4. The van der Waals surface area contributed by atoms with Gasteiger partial charge in [0.05, 0.1) is 6.54 Å². The average molecular weight is 208 g/mol. The van der Waals surface area contributed by atoms with Crippen molar-refractivity contribution >= 4 is 16.5 Å². The highest BCUT2D eigenvalue weighted by atomic mass is 32.1. The van der Waals surface area contributed by atoms with Gasteiger partial charge in [-0.15, -0.1) is 11.3 Å². The van der Waals surface area contributed by atoms with Gasteiger partial charge in [-0.1, -0.05) is 0 Å². The number of furan rings is 1. The van der Waals surface area contributed by atoms with Gasteiger partial charge in [0.1, 0.15) is 11.5 Å². The van der Waals surface area contributed by atoms with Crippen molar-refractivity contribution in [3.63, 3.8) is 0 Å². The molecule has 0 amide bonds. The summed E-state index contributed by atoms with van der Waals surface area (Å²) in [6.45, 7) is 4.68. The third-order valence-corrected chi connectivity index (χ3v) is 2.70. The number of rotatable bonds is 3. The van der Waals surface area contributed by atoms with Gasteiger partial charge in [0.15, 0.2) is 5.13 Å². The van der Waals surface area contributed by atoms with Crippen molar-refractivity contribution < 1.29 is 4.42 Å². The van der Waals surface area contributed by atoms with Gasteiger partial charge in [-0.05, 0) is 26.0 Å². The number of hydrogen-bond acceptors (Lipinski definition) is 4. The van der Waals surface area contributed by atoms with Crippen molar-refractivity contribution in [2.45, 2.75) is 20.4 Å². The lowest BCUT2D eigenvalue weighted by Gasteiger charge is -1.97. The molecule has 2 aromatic rings. The highest BCUT2D eigenvalue weighted by Crippen LogP contribution is 2.17. The number of aryl methyl sites for hydroxylation is 2. The lowest BCUT2D eigenvalue weighted by molar-refractivity contribution is 0.490. The first-order chi connectivity index (χ1) is 6.74. The second-order valence-corrected chi connectivity index (χ2v) is 4.38. The Balaban J connectivity index is 1.94. The highest BCUT2D eigenvalue weighted by Gasteiger charge is 2.00. The molecule has 74 valence electrons. The number of thiazole rings is 1. The third-order valence-electron chi connectivity index (χ3n) is 1.83. The van der Waals surface area contributed by atoms with Gasteiger partial charge in [0, 0.05) is 11.1 Å². The van der Waals surface area contributed by atoms with Crippen LogP contribution in [0.3, 0.4) is 0 Å². The average Bonchev–Trinajstić information content (AvgIpc) is 2.72. The maximum atomic E-state index is 5.43. The van der Waals surface area contributed by atoms with E-state index in [4.69, 9.17) is 4.42 Å². The summed E-state index contributed by atoms with van der Waals surface area (Å²) in [5, 5.41) is 4.15. The van der Waals surface area contributed by atoms with Crippen LogP contribution in [0.25, 0.3) is 0 Å².